The van der Waals surface area contributed by atoms with Crippen LogP contribution in [0.3, 0.4) is 0 Å². The summed E-state index contributed by atoms with van der Waals surface area (Å²) in [5.74, 6) is 0.875. The second-order valence-electron chi connectivity index (χ2n) is 6.02. The van der Waals surface area contributed by atoms with E-state index in [0.29, 0.717) is 18.3 Å². The smallest absolute Gasteiger partial charge is 0.327 e. The van der Waals surface area contributed by atoms with E-state index in [4.69, 9.17) is 4.74 Å². The van der Waals surface area contributed by atoms with Crippen LogP contribution in [-0.2, 0) is 9.53 Å². The molecule has 5 heteroatoms. The molecule has 0 amide bonds. The Balaban J connectivity index is 2.83. The van der Waals surface area contributed by atoms with Crippen molar-refractivity contribution >= 4 is 17.7 Å². The predicted molar refractivity (Wildman–Crippen MR) is 84.0 cm³/mol. The SMILES string of the molecule is CCOC(=O)C(CSC(C)C(C)O)(NC(C)C)C1CC1. The first-order valence-corrected chi connectivity index (χ1v) is 8.63. The van der Waals surface area contributed by atoms with E-state index >= 15 is 0 Å². The molecule has 3 unspecified atom stereocenters. The van der Waals surface area contributed by atoms with Gasteiger partial charge in [-0.05, 0) is 46.5 Å². The zero-order valence-corrected chi connectivity index (χ0v) is 14.1. The van der Waals surface area contributed by atoms with Gasteiger partial charge in [-0.1, -0.05) is 6.92 Å². The first kappa shape index (κ1) is 17.8. The molecule has 1 fully saturated rings. The van der Waals surface area contributed by atoms with Crippen molar-refractivity contribution in [1.82, 2.24) is 5.32 Å². The van der Waals surface area contributed by atoms with E-state index in [1.54, 1.807) is 18.7 Å². The van der Waals surface area contributed by atoms with Crippen molar-refractivity contribution in [3.8, 4) is 0 Å². The average molecular weight is 303 g/mol. The number of aliphatic hydroxyl groups excluding tert-OH is 1. The summed E-state index contributed by atoms with van der Waals surface area (Å²) < 4.78 is 5.33. The second kappa shape index (κ2) is 7.66. The van der Waals surface area contributed by atoms with Crippen LogP contribution in [0.4, 0.5) is 0 Å². The molecule has 0 saturated heterocycles. The molecule has 1 aliphatic rings. The van der Waals surface area contributed by atoms with E-state index in [-0.39, 0.29) is 23.4 Å². The number of rotatable bonds is 9. The Morgan fingerprint density at radius 2 is 2.00 bits per heavy atom. The zero-order valence-electron chi connectivity index (χ0n) is 13.3. The van der Waals surface area contributed by atoms with Gasteiger partial charge in [0.1, 0.15) is 5.54 Å². The van der Waals surface area contributed by atoms with Crippen LogP contribution in [0.25, 0.3) is 0 Å². The van der Waals surface area contributed by atoms with Gasteiger partial charge in [-0.3, -0.25) is 10.1 Å². The number of carbonyl (C=O) groups is 1. The Kier molecular flexibility index (Phi) is 6.82. The van der Waals surface area contributed by atoms with E-state index in [1.807, 2.05) is 13.8 Å². The van der Waals surface area contributed by atoms with Crippen molar-refractivity contribution in [2.75, 3.05) is 12.4 Å². The number of aliphatic hydroxyl groups is 1. The van der Waals surface area contributed by atoms with Crippen LogP contribution in [0.2, 0.25) is 0 Å². The van der Waals surface area contributed by atoms with Gasteiger partial charge in [0, 0.05) is 17.0 Å². The zero-order chi connectivity index (χ0) is 15.3. The molecular formula is C15H29NO3S. The van der Waals surface area contributed by atoms with Crippen molar-refractivity contribution < 1.29 is 14.6 Å². The van der Waals surface area contributed by atoms with Crippen molar-refractivity contribution in [1.29, 1.82) is 0 Å². The van der Waals surface area contributed by atoms with Crippen molar-refractivity contribution in [2.45, 2.75) is 70.4 Å². The highest BCUT2D eigenvalue weighted by Crippen LogP contribution is 2.43. The highest BCUT2D eigenvalue weighted by Gasteiger charge is 2.52. The van der Waals surface area contributed by atoms with E-state index in [1.165, 1.54) is 0 Å². The van der Waals surface area contributed by atoms with Crippen LogP contribution in [0.15, 0.2) is 0 Å². The van der Waals surface area contributed by atoms with E-state index in [0.717, 1.165) is 12.8 Å². The third-order valence-corrected chi connectivity index (χ3v) is 5.26. The minimum absolute atomic E-state index is 0.108. The molecule has 1 saturated carbocycles. The summed E-state index contributed by atoms with van der Waals surface area (Å²) in [5, 5.41) is 13.2. The van der Waals surface area contributed by atoms with Gasteiger partial charge in [0.05, 0.1) is 12.7 Å². The molecule has 0 aromatic carbocycles. The molecule has 0 heterocycles. The van der Waals surface area contributed by atoms with Gasteiger partial charge in [-0.15, -0.1) is 0 Å². The monoisotopic (exact) mass is 303 g/mol. The summed E-state index contributed by atoms with van der Waals surface area (Å²) in [5.41, 5.74) is -0.599. The second-order valence-corrected chi connectivity index (χ2v) is 7.39. The number of hydrogen-bond acceptors (Lipinski definition) is 5. The number of ether oxygens (including phenoxy) is 1. The van der Waals surface area contributed by atoms with Gasteiger partial charge in [0.2, 0.25) is 0 Å². The molecule has 118 valence electrons. The van der Waals surface area contributed by atoms with Gasteiger partial charge < -0.3 is 9.84 Å². The molecule has 0 aliphatic heterocycles. The fourth-order valence-electron chi connectivity index (χ4n) is 2.32. The van der Waals surface area contributed by atoms with E-state index < -0.39 is 5.54 Å². The Morgan fingerprint density at radius 1 is 1.40 bits per heavy atom. The Morgan fingerprint density at radius 3 is 2.40 bits per heavy atom. The first-order chi connectivity index (χ1) is 9.33. The van der Waals surface area contributed by atoms with Crippen LogP contribution in [0.1, 0.15) is 47.5 Å². The normalized spacial score (nSPS) is 21.4. The third-order valence-electron chi connectivity index (χ3n) is 3.71. The maximum atomic E-state index is 12.5. The topological polar surface area (TPSA) is 58.6 Å². The highest BCUT2D eigenvalue weighted by atomic mass is 32.2. The summed E-state index contributed by atoms with van der Waals surface area (Å²) in [4.78, 5) is 12.5. The van der Waals surface area contributed by atoms with Gasteiger partial charge >= 0.3 is 5.97 Å². The maximum absolute atomic E-state index is 12.5. The minimum Gasteiger partial charge on any atom is -0.465 e. The molecule has 0 aromatic rings. The van der Waals surface area contributed by atoms with Crippen LogP contribution in [0, 0.1) is 5.92 Å². The van der Waals surface area contributed by atoms with Crippen LogP contribution in [0.5, 0.6) is 0 Å². The lowest BCUT2D eigenvalue weighted by Crippen LogP contribution is -2.59. The number of thioether (sulfide) groups is 1. The molecule has 0 bridgehead atoms. The van der Waals surface area contributed by atoms with Crippen LogP contribution in [-0.4, -0.2) is 46.4 Å². The molecule has 0 spiro atoms. The van der Waals surface area contributed by atoms with E-state index in [2.05, 4.69) is 19.2 Å². The van der Waals surface area contributed by atoms with Crippen LogP contribution < -0.4 is 5.32 Å². The predicted octanol–water partition coefficient (Wildman–Crippen LogP) is 2.20. The fraction of sp³-hybridized carbons (Fsp3) is 0.933. The summed E-state index contributed by atoms with van der Waals surface area (Å²) in [6.45, 7) is 10.1. The Hall–Kier alpha value is -0.260. The molecule has 0 aromatic heterocycles. The van der Waals surface area contributed by atoms with Gasteiger partial charge in [0.25, 0.3) is 0 Å². The van der Waals surface area contributed by atoms with Gasteiger partial charge in [-0.25, -0.2) is 0 Å². The molecule has 4 nitrogen and oxygen atoms in total. The highest BCUT2D eigenvalue weighted by molar-refractivity contribution is 8.00. The summed E-state index contributed by atoms with van der Waals surface area (Å²) in [6, 6.07) is 0.225. The number of esters is 1. The summed E-state index contributed by atoms with van der Waals surface area (Å²) >= 11 is 1.64. The third kappa shape index (κ3) is 4.64. The maximum Gasteiger partial charge on any atom is 0.327 e. The van der Waals surface area contributed by atoms with E-state index in [9.17, 15) is 9.90 Å². The molecule has 1 aliphatic carbocycles. The fourth-order valence-corrected chi connectivity index (χ4v) is 3.56. The lowest BCUT2D eigenvalue weighted by molar-refractivity contribution is -0.151. The average Bonchev–Trinajstić information content (AvgIpc) is 3.18. The Bertz CT molecular complexity index is 318. The lowest BCUT2D eigenvalue weighted by Gasteiger charge is -2.35. The number of carbonyl (C=O) groups excluding carboxylic acids is 1. The van der Waals surface area contributed by atoms with Crippen molar-refractivity contribution in [2.24, 2.45) is 5.92 Å². The molecule has 0 radical (unpaired) electrons. The van der Waals surface area contributed by atoms with Gasteiger partial charge in [0.15, 0.2) is 0 Å². The standard InChI is InChI=1S/C15H29NO3S/c1-6-19-14(18)15(13-7-8-13,16-10(2)3)9-20-12(5)11(4)17/h10-13,16-17H,6-9H2,1-5H3. The van der Waals surface area contributed by atoms with Gasteiger partial charge in [-0.2, -0.15) is 11.8 Å². The largest absolute Gasteiger partial charge is 0.465 e. The lowest BCUT2D eigenvalue weighted by atomic mass is 9.94. The van der Waals surface area contributed by atoms with Crippen molar-refractivity contribution in [3.63, 3.8) is 0 Å². The Labute approximate surface area is 127 Å². The quantitative estimate of drug-likeness (QED) is 0.640. The number of hydrogen-bond donors (Lipinski definition) is 2. The molecule has 2 N–H and O–H groups in total. The molecule has 3 atom stereocenters. The minimum atomic E-state index is -0.599. The summed E-state index contributed by atoms with van der Waals surface area (Å²) in [7, 11) is 0. The molecule has 1 rings (SSSR count). The summed E-state index contributed by atoms with van der Waals surface area (Å²) in [6.07, 6.45) is 1.77. The first-order valence-electron chi connectivity index (χ1n) is 7.58. The number of nitrogens with one attached hydrogen (secondary N) is 1. The molecular weight excluding hydrogens is 274 g/mol. The van der Waals surface area contributed by atoms with Crippen molar-refractivity contribution in [3.05, 3.63) is 0 Å². The van der Waals surface area contributed by atoms with Crippen LogP contribution >= 0.6 is 11.8 Å². The molecule has 20 heavy (non-hydrogen) atoms.